The molecule has 1 saturated carbocycles. The topological polar surface area (TPSA) is 35.5 Å². The molecule has 0 amide bonds. The van der Waals surface area contributed by atoms with E-state index in [0.717, 1.165) is 25.0 Å². The van der Waals surface area contributed by atoms with E-state index < -0.39 is 0 Å². The SMILES string of the molecule is COC(=O)CC1(Oc2cc(C)cc(C)c2)CCC1. The van der Waals surface area contributed by atoms with E-state index in [9.17, 15) is 4.79 Å². The second-order valence-corrected chi connectivity index (χ2v) is 5.21. The van der Waals surface area contributed by atoms with Crippen molar-refractivity contribution in [3.05, 3.63) is 29.3 Å². The molecule has 0 bridgehead atoms. The van der Waals surface area contributed by atoms with Gasteiger partial charge in [-0.25, -0.2) is 0 Å². The van der Waals surface area contributed by atoms with Crippen LogP contribution in [-0.4, -0.2) is 18.7 Å². The highest BCUT2D eigenvalue weighted by molar-refractivity contribution is 5.70. The molecule has 98 valence electrons. The van der Waals surface area contributed by atoms with Crippen molar-refractivity contribution >= 4 is 5.97 Å². The number of aryl methyl sites for hydroxylation is 2. The third kappa shape index (κ3) is 2.84. The van der Waals surface area contributed by atoms with E-state index in [-0.39, 0.29) is 11.6 Å². The zero-order valence-electron chi connectivity index (χ0n) is 11.3. The fourth-order valence-corrected chi connectivity index (χ4v) is 2.46. The van der Waals surface area contributed by atoms with Crippen LogP contribution in [0.3, 0.4) is 0 Å². The summed E-state index contributed by atoms with van der Waals surface area (Å²) >= 11 is 0. The van der Waals surface area contributed by atoms with Gasteiger partial charge < -0.3 is 9.47 Å². The Balaban J connectivity index is 2.12. The Kier molecular flexibility index (Phi) is 3.60. The van der Waals surface area contributed by atoms with Crippen LogP contribution in [0.15, 0.2) is 18.2 Å². The maximum atomic E-state index is 11.4. The molecular weight excluding hydrogens is 228 g/mol. The van der Waals surface area contributed by atoms with Crippen LogP contribution >= 0.6 is 0 Å². The van der Waals surface area contributed by atoms with Crippen molar-refractivity contribution in [3.8, 4) is 5.75 Å². The highest BCUT2D eigenvalue weighted by atomic mass is 16.5. The van der Waals surface area contributed by atoms with Crippen molar-refractivity contribution in [3.63, 3.8) is 0 Å². The standard InChI is InChI=1S/C15H20O3/c1-11-7-12(2)9-13(8-11)18-15(5-4-6-15)10-14(16)17-3/h7-9H,4-6,10H2,1-3H3. The second kappa shape index (κ2) is 5.01. The lowest BCUT2D eigenvalue weighted by atomic mass is 9.77. The van der Waals surface area contributed by atoms with E-state index in [1.807, 2.05) is 26.0 Å². The lowest BCUT2D eigenvalue weighted by molar-refractivity contribution is -0.148. The number of esters is 1. The Labute approximate surface area is 108 Å². The first-order valence-corrected chi connectivity index (χ1v) is 6.37. The Morgan fingerprint density at radius 2 is 1.83 bits per heavy atom. The summed E-state index contributed by atoms with van der Waals surface area (Å²) in [6.07, 6.45) is 3.31. The van der Waals surface area contributed by atoms with Crippen LogP contribution in [0, 0.1) is 13.8 Å². The first-order valence-electron chi connectivity index (χ1n) is 6.37. The molecule has 0 spiro atoms. The molecule has 0 N–H and O–H groups in total. The van der Waals surface area contributed by atoms with E-state index in [1.54, 1.807) is 0 Å². The van der Waals surface area contributed by atoms with E-state index in [4.69, 9.17) is 9.47 Å². The largest absolute Gasteiger partial charge is 0.487 e. The number of carbonyl (C=O) groups is 1. The maximum absolute atomic E-state index is 11.4. The predicted molar refractivity (Wildman–Crippen MR) is 69.8 cm³/mol. The summed E-state index contributed by atoms with van der Waals surface area (Å²) in [4.78, 5) is 11.4. The number of hydrogen-bond donors (Lipinski definition) is 0. The molecular formula is C15H20O3. The van der Waals surface area contributed by atoms with Gasteiger partial charge in [0.2, 0.25) is 0 Å². The van der Waals surface area contributed by atoms with E-state index in [0.29, 0.717) is 6.42 Å². The number of methoxy groups -OCH3 is 1. The Morgan fingerprint density at radius 1 is 1.22 bits per heavy atom. The minimum Gasteiger partial charge on any atom is -0.487 e. The average molecular weight is 248 g/mol. The molecule has 1 aliphatic carbocycles. The average Bonchev–Trinajstić information content (AvgIpc) is 2.24. The predicted octanol–water partition coefficient (Wildman–Crippen LogP) is 3.17. The van der Waals surface area contributed by atoms with Gasteiger partial charge in [-0.05, 0) is 56.4 Å². The van der Waals surface area contributed by atoms with Crippen molar-refractivity contribution in [2.45, 2.75) is 45.1 Å². The second-order valence-electron chi connectivity index (χ2n) is 5.21. The molecule has 2 rings (SSSR count). The van der Waals surface area contributed by atoms with Gasteiger partial charge in [-0.15, -0.1) is 0 Å². The summed E-state index contributed by atoms with van der Waals surface area (Å²) < 4.78 is 10.8. The fraction of sp³-hybridized carbons (Fsp3) is 0.533. The Hall–Kier alpha value is -1.51. The highest BCUT2D eigenvalue weighted by Crippen LogP contribution is 2.40. The molecule has 3 nitrogen and oxygen atoms in total. The summed E-state index contributed by atoms with van der Waals surface area (Å²) in [5.41, 5.74) is 2.02. The molecule has 0 aromatic heterocycles. The van der Waals surface area contributed by atoms with Gasteiger partial charge in [0, 0.05) is 0 Å². The normalized spacial score (nSPS) is 16.8. The van der Waals surface area contributed by atoms with Crippen LogP contribution in [0.4, 0.5) is 0 Å². The molecule has 0 heterocycles. The van der Waals surface area contributed by atoms with Gasteiger partial charge in [0.1, 0.15) is 11.4 Å². The maximum Gasteiger partial charge on any atom is 0.309 e. The molecule has 0 saturated heterocycles. The molecule has 0 radical (unpaired) electrons. The van der Waals surface area contributed by atoms with Gasteiger partial charge in [0.15, 0.2) is 0 Å². The van der Waals surface area contributed by atoms with Crippen LogP contribution in [0.5, 0.6) is 5.75 Å². The van der Waals surface area contributed by atoms with Gasteiger partial charge in [-0.1, -0.05) is 6.07 Å². The van der Waals surface area contributed by atoms with Gasteiger partial charge in [0.05, 0.1) is 13.5 Å². The van der Waals surface area contributed by atoms with Gasteiger partial charge >= 0.3 is 5.97 Å². The summed E-state index contributed by atoms with van der Waals surface area (Å²) in [7, 11) is 1.42. The van der Waals surface area contributed by atoms with E-state index in [2.05, 4.69) is 6.07 Å². The lowest BCUT2D eigenvalue weighted by Gasteiger charge is -2.41. The Morgan fingerprint density at radius 3 is 2.28 bits per heavy atom. The minimum atomic E-state index is -0.340. The van der Waals surface area contributed by atoms with Crippen molar-refractivity contribution < 1.29 is 14.3 Å². The molecule has 0 unspecified atom stereocenters. The van der Waals surface area contributed by atoms with Crippen molar-refractivity contribution in [2.24, 2.45) is 0 Å². The third-order valence-electron chi connectivity index (χ3n) is 3.49. The molecule has 1 aromatic carbocycles. The van der Waals surface area contributed by atoms with Gasteiger partial charge in [0.25, 0.3) is 0 Å². The van der Waals surface area contributed by atoms with Crippen LogP contribution in [0.2, 0.25) is 0 Å². The summed E-state index contributed by atoms with van der Waals surface area (Å²) in [5.74, 6) is 0.662. The molecule has 3 heteroatoms. The van der Waals surface area contributed by atoms with E-state index in [1.165, 1.54) is 18.2 Å². The van der Waals surface area contributed by atoms with Crippen molar-refractivity contribution in [2.75, 3.05) is 7.11 Å². The molecule has 1 fully saturated rings. The van der Waals surface area contributed by atoms with Crippen LogP contribution < -0.4 is 4.74 Å². The molecule has 1 aromatic rings. The Bertz CT molecular complexity index is 427. The van der Waals surface area contributed by atoms with Crippen LogP contribution in [0.1, 0.15) is 36.8 Å². The fourth-order valence-electron chi connectivity index (χ4n) is 2.46. The van der Waals surface area contributed by atoms with Crippen molar-refractivity contribution in [1.29, 1.82) is 0 Å². The molecule has 0 atom stereocenters. The van der Waals surface area contributed by atoms with Crippen LogP contribution in [-0.2, 0) is 9.53 Å². The summed E-state index contributed by atoms with van der Waals surface area (Å²) in [5, 5.41) is 0. The number of ether oxygens (including phenoxy) is 2. The van der Waals surface area contributed by atoms with Gasteiger partial charge in [-0.3, -0.25) is 4.79 Å². The molecule has 18 heavy (non-hydrogen) atoms. The smallest absolute Gasteiger partial charge is 0.309 e. The van der Waals surface area contributed by atoms with Gasteiger partial charge in [-0.2, -0.15) is 0 Å². The summed E-state index contributed by atoms with van der Waals surface area (Å²) in [6.45, 7) is 4.10. The van der Waals surface area contributed by atoms with Crippen LogP contribution in [0.25, 0.3) is 0 Å². The molecule has 1 aliphatic rings. The number of rotatable bonds is 4. The molecule has 0 aliphatic heterocycles. The first kappa shape index (κ1) is 12.9. The zero-order chi connectivity index (χ0) is 13.2. The quantitative estimate of drug-likeness (QED) is 0.768. The number of hydrogen-bond acceptors (Lipinski definition) is 3. The first-order chi connectivity index (χ1) is 8.53. The van der Waals surface area contributed by atoms with Crippen molar-refractivity contribution in [1.82, 2.24) is 0 Å². The number of benzene rings is 1. The minimum absolute atomic E-state index is 0.195. The van der Waals surface area contributed by atoms with E-state index >= 15 is 0 Å². The monoisotopic (exact) mass is 248 g/mol. The number of carbonyl (C=O) groups excluding carboxylic acids is 1. The lowest BCUT2D eigenvalue weighted by Crippen LogP contribution is -2.45. The third-order valence-corrected chi connectivity index (χ3v) is 3.49. The highest BCUT2D eigenvalue weighted by Gasteiger charge is 2.41. The summed E-state index contributed by atoms with van der Waals surface area (Å²) in [6, 6.07) is 6.15. The zero-order valence-corrected chi connectivity index (χ0v) is 11.3.